The Bertz CT molecular complexity index is 699. The van der Waals surface area contributed by atoms with Crippen molar-refractivity contribution in [1.29, 1.82) is 0 Å². The van der Waals surface area contributed by atoms with Crippen LogP contribution < -0.4 is 10.5 Å². The minimum Gasteiger partial charge on any atom is -0.465 e. The van der Waals surface area contributed by atoms with Crippen molar-refractivity contribution in [3.63, 3.8) is 0 Å². The summed E-state index contributed by atoms with van der Waals surface area (Å²) in [6.07, 6.45) is 7.10. The van der Waals surface area contributed by atoms with Gasteiger partial charge in [-0.2, -0.15) is 0 Å². The highest BCUT2D eigenvalue weighted by Crippen LogP contribution is 2.20. The Hall–Kier alpha value is -2.59. The number of carbonyl (C=O) groups excluding carboxylic acids is 1. The van der Waals surface area contributed by atoms with E-state index in [4.69, 9.17) is 15.2 Å². The Morgan fingerprint density at radius 2 is 1.62 bits per heavy atom. The van der Waals surface area contributed by atoms with Gasteiger partial charge < -0.3 is 15.2 Å². The summed E-state index contributed by atoms with van der Waals surface area (Å²) in [6.45, 7) is 0.778. The molecule has 1 amide bonds. The van der Waals surface area contributed by atoms with Crippen molar-refractivity contribution in [2.24, 2.45) is 5.73 Å². The molecule has 1 unspecified atom stereocenters. The van der Waals surface area contributed by atoms with Crippen LogP contribution in [0.15, 0.2) is 48.5 Å². The molecule has 4 heteroatoms. The lowest BCUT2D eigenvalue weighted by atomic mass is 10.1. The molecular weight excluding hydrogens is 302 g/mol. The van der Waals surface area contributed by atoms with Crippen molar-refractivity contribution in [3.05, 3.63) is 65.2 Å². The second-order valence-corrected chi connectivity index (χ2v) is 5.80. The quantitative estimate of drug-likeness (QED) is 0.850. The summed E-state index contributed by atoms with van der Waals surface area (Å²) in [5, 5.41) is 0. The van der Waals surface area contributed by atoms with E-state index in [-0.39, 0.29) is 6.29 Å². The molecule has 0 radical (unpaired) electrons. The molecular formula is C20H21NO3. The second kappa shape index (κ2) is 7.79. The second-order valence-electron chi connectivity index (χ2n) is 5.80. The summed E-state index contributed by atoms with van der Waals surface area (Å²) in [5.41, 5.74) is 7.83. The highest BCUT2D eigenvalue weighted by Gasteiger charge is 2.14. The van der Waals surface area contributed by atoms with E-state index in [1.807, 2.05) is 48.6 Å². The zero-order valence-electron chi connectivity index (χ0n) is 13.5. The highest BCUT2D eigenvalue weighted by molar-refractivity contribution is 5.93. The first-order valence-electron chi connectivity index (χ1n) is 8.17. The van der Waals surface area contributed by atoms with Gasteiger partial charge in [0.2, 0.25) is 5.91 Å². The van der Waals surface area contributed by atoms with E-state index >= 15 is 0 Å². The van der Waals surface area contributed by atoms with Crippen LogP contribution in [0.2, 0.25) is 0 Å². The van der Waals surface area contributed by atoms with E-state index in [1.54, 1.807) is 12.1 Å². The predicted octanol–water partition coefficient (Wildman–Crippen LogP) is 3.86. The fourth-order valence-corrected chi connectivity index (χ4v) is 2.56. The van der Waals surface area contributed by atoms with Gasteiger partial charge in [0.05, 0.1) is 6.61 Å². The van der Waals surface area contributed by atoms with Crippen molar-refractivity contribution < 1.29 is 14.3 Å². The summed E-state index contributed by atoms with van der Waals surface area (Å²) in [6, 6.07) is 15.1. The van der Waals surface area contributed by atoms with E-state index in [0.717, 1.165) is 42.7 Å². The summed E-state index contributed by atoms with van der Waals surface area (Å²) in [7, 11) is 0. The topological polar surface area (TPSA) is 61.6 Å². The lowest BCUT2D eigenvalue weighted by Gasteiger charge is -2.23. The van der Waals surface area contributed by atoms with Crippen LogP contribution in [0.5, 0.6) is 5.75 Å². The van der Waals surface area contributed by atoms with Crippen LogP contribution in [0.1, 0.15) is 40.7 Å². The van der Waals surface area contributed by atoms with Gasteiger partial charge in [0.15, 0.2) is 6.29 Å². The Morgan fingerprint density at radius 1 is 1.00 bits per heavy atom. The molecule has 1 saturated heterocycles. The molecule has 1 aliphatic heterocycles. The van der Waals surface area contributed by atoms with Gasteiger partial charge in [-0.3, -0.25) is 4.79 Å². The number of rotatable bonds is 5. The molecule has 1 fully saturated rings. The predicted molar refractivity (Wildman–Crippen MR) is 94.5 cm³/mol. The highest BCUT2D eigenvalue weighted by atomic mass is 16.7. The van der Waals surface area contributed by atoms with Gasteiger partial charge >= 0.3 is 0 Å². The molecule has 3 rings (SSSR count). The molecule has 1 heterocycles. The van der Waals surface area contributed by atoms with Gasteiger partial charge in [-0.25, -0.2) is 0 Å². The van der Waals surface area contributed by atoms with Crippen molar-refractivity contribution in [3.8, 4) is 5.75 Å². The molecule has 24 heavy (non-hydrogen) atoms. The molecule has 1 atom stereocenters. The zero-order valence-corrected chi connectivity index (χ0v) is 13.5. The lowest BCUT2D eigenvalue weighted by Crippen LogP contribution is -2.24. The molecule has 2 aromatic carbocycles. The molecule has 2 N–H and O–H groups in total. The average Bonchev–Trinajstić information content (AvgIpc) is 2.62. The Labute approximate surface area is 141 Å². The van der Waals surface area contributed by atoms with Crippen LogP contribution in [0, 0.1) is 0 Å². The monoisotopic (exact) mass is 323 g/mol. The third-order valence-electron chi connectivity index (χ3n) is 3.95. The van der Waals surface area contributed by atoms with Crippen LogP contribution in [0.3, 0.4) is 0 Å². The smallest absolute Gasteiger partial charge is 0.248 e. The van der Waals surface area contributed by atoms with Crippen molar-refractivity contribution >= 4 is 18.1 Å². The first-order valence-corrected chi connectivity index (χ1v) is 8.17. The lowest BCUT2D eigenvalue weighted by molar-refractivity contribution is -0.105. The number of ether oxygens (including phenoxy) is 2. The SMILES string of the molecule is NC(=O)c1ccc(C=Cc2ccc(OC3CCCCO3)cc2)cc1. The number of amides is 1. The standard InChI is InChI=1S/C20H21NO3/c21-20(22)17-10-6-15(7-11-17)4-5-16-8-12-18(13-9-16)24-19-3-1-2-14-23-19/h4-13,19H,1-3,14H2,(H2,21,22). The minimum atomic E-state index is -0.414. The van der Waals surface area contributed by atoms with Crippen LogP contribution in [-0.4, -0.2) is 18.8 Å². The summed E-state index contributed by atoms with van der Waals surface area (Å²) in [4.78, 5) is 11.0. The number of hydrogen-bond donors (Lipinski definition) is 1. The third-order valence-corrected chi connectivity index (χ3v) is 3.95. The van der Waals surface area contributed by atoms with Gasteiger partial charge in [0, 0.05) is 12.0 Å². The normalized spacial score (nSPS) is 17.8. The molecule has 2 aromatic rings. The number of hydrogen-bond acceptors (Lipinski definition) is 3. The van der Waals surface area contributed by atoms with E-state index < -0.39 is 5.91 Å². The first kappa shape index (κ1) is 16.3. The summed E-state index contributed by atoms with van der Waals surface area (Å²) in [5.74, 6) is 0.410. The zero-order chi connectivity index (χ0) is 16.8. The molecule has 0 aromatic heterocycles. The molecule has 0 saturated carbocycles. The maximum absolute atomic E-state index is 11.0. The van der Waals surface area contributed by atoms with E-state index in [0.29, 0.717) is 5.56 Å². The first-order chi connectivity index (χ1) is 11.7. The van der Waals surface area contributed by atoms with Crippen molar-refractivity contribution in [1.82, 2.24) is 0 Å². The van der Waals surface area contributed by atoms with Gasteiger partial charge in [-0.15, -0.1) is 0 Å². The van der Waals surface area contributed by atoms with E-state index in [2.05, 4.69) is 0 Å². The van der Waals surface area contributed by atoms with Crippen molar-refractivity contribution in [2.75, 3.05) is 6.61 Å². The number of nitrogens with two attached hydrogens (primary N) is 1. The van der Waals surface area contributed by atoms with Crippen LogP contribution in [0.4, 0.5) is 0 Å². The fourth-order valence-electron chi connectivity index (χ4n) is 2.56. The van der Waals surface area contributed by atoms with Crippen LogP contribution in [-0.2, 0) is 4.74 Å². The van der Waals surface area contributed by atoms with Crippen molar-refractivity contribution in [2.45, 2.75) is 25.6 Å². The molecule has 4 nitrogen and oxygen atoms in total. The Morgan fingerprint density at radius 3 is 2.17 bits per heavy atom. The maximum Gasteiger partial charge on any atom is 0.248 e. The number of primary amides is 1. The summed E-state index contributed by atoms with van der Waals surface area (Å²) < 4.78 is 11.4. The molecule has 0 bridgehead atoms. The molecule has 0 aliphatic carbocycles. The van der Waals surface area contributed by atoms with Crippen LogP contribution >= 0.6 is 0 Å². The van der Waals surface area contributed by atoms with E-state index in [9.17, 15) is 4.79 Å². The van der Waals surface area contributed by atoms with Gasteiger partial charge in [-0.05, 0) is 48.2 Å². The minimum absolute atomic E-state index is 0.121. The van der Waals surface area contributed by atoms with E-state index in [1.165, 1.54) is 0 Å². The Kier molecular flexibility index (Phi) is 5.29. The fraction of sp³-hybridized carbons (Fsp3) is 0.250. The third kappa shape index (κ3) is 4.46. The van der Waals surface area contributed by atoms with Gasteiger partial charge in [-0.1, -0.05) is 36.4 Å². The van der Waals surface area contributed by atoms with Gasteiger partial charge in [0.25, 0.3) is 0 Å². The molecule has 0 spiro atoms. The maximum atomic E-state index is 11.0. The Balaban J connectivity index is 1.59. The molecule has 124 valence electrons. The number of carbonyl (C=O) groups is 1. The summed E-state index contributed by atoms with van der Waals surface area (Å²) >= 11 is 0. The average molecular weight is 323 g/mol. The largest absolute Gasteiger partial charge is 0.465 e. The van der Waals surface area contributed by atoms with Crippen LogP contribution in [0.25, 0.3) is 12.2 Å². The van der Waals surface area contributed by atoms with Gasteiger partial charge in [0.1, 0.15) is 5.75 Å². The molecule has 1 aliphatic rings. The number of benzene rings is 2.